The number of carbonyl (C=O) groups excluding carboxylic acids is 2. The van der Waals surface area contributed by atoms with Crippen molar-refractivity contribution in [1.82, 2.24) is 10.3 Å². The molecule has 0 saturated heterocycles. The Balaban J connectivity index is 1.97. The van der Waals surface area contributed by atoms with Crippen LogP contribution in [0.15, 0.2) is 27.9 Å². The topological polar surface area (TPSA) is 74.9 Å². The largest absolute Gasteiger partial charge is 0.467 e. The zero-order valence-electron chi connectivity index (χ0n) is 9.47. The van der Waals surface area contributed by atoms with Gasteiger partial charge in [0.05, 0.1) is 12.8 Å². The smallest absolute Gasteiger partial charge is 0.270 e. The number of nitrogens with one attached hydrogen (secondary N) is 1. The van der Waals surface area contributed by atoms with Crippen LogP contribution in [0.3, 0.4) is 0 Å². The van der Waals surface area contributed by atoms with Crippen molar-refractivity contribution in [3.8, 4) is 0 Å². The number of nitrogens with zero attached hydrogens (tertiary/aromatic N) is 2. The molecule has 90 valence electrons. The summed E-state index contributed by atoms with van der Waals surface area (Å²) >= 11 is 0. The summed E-state index contributed by atoms with van der Waals surface area (Å²) in [6, 6.07) is 3.57. The van der Waals surface area contributed by atoms with Crippen LogP contribution in [0, 0.1) is 0 Å². The van der Waals surface area contributed by atoms with E-state index in [1.807, 2.05) is 0 Å². The van der Waals surface area contributed by atoms with Gasteiger partial charge in [0.25, 0.3) is 5.91 Å². The van der Waals surface area contributed by atoms with E-state index in [0.29, 0.717) is 30.9 Å². The second kappa shape index (κ2) is 4.82. The zero-order chi connectivity index (χ0) is 12.3. The molecule has 1 N–H and O–H groups in total. The van der Waals surface area contributed by atoms with Crippen molar-refractivity contribution < 1.29 is 14.0 Å². The Morgan fingerprint density at radius 1 is 1.59 bits per heavy atom. The molecule has 1 aromatic heterocycles. The Morgan fingerprint density at radius 3 is 3.00 bits per heavy atom. The van der Waals surface area contributed by atoms with Crippen molar-refractivity contribution in [2.24, 2.45) is 5.10 Å². The van der Waals surface area contributed by atoms with Crippen LogP contribution in [-0.4, -0.2) is 29.5 Å². The molecule has 17 heavy (non-hydrogen) atoms. The molecule has 0 bridgehead atoms. The summed E-state index contributed by atoms with van der Waals surface area (Å²) in [5, 5.41) is 3.76. The summed E-state index contributed by atoms with van der Waals surface area (Å²) in [6.07, 6.45) is 2.25. The van der Waals surface area contributed by atoms with Crippen LogP contribution in [-0.2, 0) is 16.1 Å². The average molecular weight is 235 g/mol. The molecular formula is C11H13N3O3. The van der Waals surface area contributed by atoms with Gasteiger partial charge in [0.2, 0.25) is 5.91 Å². The van der Waals surface area contributed by atoms with E-state index in [0.717, 1.165) is 0 Å². The molecule has 0 aliphatic carbocycles. The normalized spacial score (nSPS) is 15.1. The molecule has 0 spiro atoms. The number of amides is 2. The summed E-state index contributed by atoms with van der Waals surface area (Å²) in [4.78, 5) is 24.3. The highest BCUT2D eigenvalue weighted by atomic mass is 16.3. The van der Waals surface area contributed by atoms with Gasteiger partial charge in [-0.3, -0.25) is 9.59 Å². The van der Waals surface area contributed by atoms with Gasteiger partial charge in [-0.05, 0) is 12.1 Å². The predicted octanol–water partition coefficient (Wildman–Crippen LogP) is 0.504. The van der Waals surface area contributed by atoms with Gasteiger partial charge in [0, 0.05) is 19.9 Å². The SMILES string of the molecule is CN(Cc1ccco1)C(=O)C1=NNC(=O)CC1. The highest BCUT2D eigenvalue weighted by Gasteiger charge is 2.21. The summed E-state index contributed by atoms with van der Waals surface area (Å²) < 4.78 is 5.16. The molecule has 0 aromatic carbocycles. The predicted molar refractivity (Wildman–Crippen MR) is 60.0 cm³/mol. The first-order valence-electron chi connectivity index (χ1n) is 5.30. The third-order valence-electron chi connectivity index (χ3n) is 2.47. The Labute approximate surface area is 98.3 Å². The Kier molecular flexibility index (Phi) is 3.22. The van der Waals surface area contributed by atoms with Crippen molar-refractivity contribution in [1.29, 1.82) is 0 Å². The number of rotatable bonds is 3. The molecular weight excluding hydrogens is 222 g/mol. The first-order valence-corrected chi connectivity index (χ1v) is 5.30. The van der Waals surface area contributed by atoms with Gasteiger partial charge in [-0.15, -0.1) is 0 Å². The molecule has 1 aromatic rings. The van der Waals surface area contributed by atoms with Crippen molar-refractivity contribution in [3.63, 3.8) is 0 Å². The van der Waals surface area contributed by atoms with Crippen molar-refractivity contribution >= 4 is 17.5 Å². The Morgan fingerprint density at radius 2 is 2.41 bits per heavy atom. The minimum atomic E-state index is -0.193. The fraction of sp³-hybridized carbons (Fsp3) is 0.364. The van der Waals surface area contributed by atoms with Gasteiger partial charge in [0.1, 0.15) is 11.5 Å². The Hall–Kier alpha value is -2.11. The molecule has 6 heteroatoms. The van der Waals surface area contributed by atoms with E-state index in [2.05, 4.69) is 10.5 Å². The van der Waals surface area contributed by atoms with Crippen LogP contribution in [0.1, 0.15) is 18.6 Å². The lowest BCUT2D eigenvalue weighted by Gasteiger charge is -2.18. The van der Waals surface area contributed by atoms with Crippen molar-refractivity contribution in [2.45, 2.75) is 19.4 Å². The maximum absolute atomic E-state index is 11.9. The Bertz CT molecular complexity index is 451. The first-order chi connectivity index (χ1) is 8.16. The van der Waals surface area contributed by atoms with Crippen LogP contribution in [0.4, 0.5) is 0 Å². The van der Waals surface area contributed by atoms with E-state index >= 15 is 0 Å². The maximum Gasteiger partial charge on any atom is 0.270 e. The molecule has 0 atom stereocenters. The molecule has 6 nitrogen and oxygen atoms in total. The lowest BCUT2D eigenvalue weighted by atomic mass is 10.1. The molecule has 2 rings (SSSR count). The minimum Gasteiger partial charge on any atom is -0.467 e. The van der Waals surface area contributed by atoms with Crippen LogP contribution in [0.2, 0.25) is 0 Å². The van der Waals surface area contributed by atoms with Gasteiger partial charge in [-0.1, -0.05) is 0 Å². The van der Waals surface area contributed by atoms with E-state index in [1.54, 1.807) is 25.4 Å². The van der Waals surface area contributed by atoms with Crippen LogP contribution >= 0.6 is 0 Å². The molecule has 0 unspecified atom stereocenters. The molecule has 1 aliphatic rings. The van der Waals surface area contributed by atoms with Gasteiger partial charge in [-0.2, -0.15) is 5.10 Å². The number of furan rings is 1. The second-order valence-electron chi connectivity index (χ2n) is 3.83. The summed E-state index contributed by atoms with van der Waals surface area (Å²) in [5.41, 5.74) is 2.68. The molecule has 2 heterocycles. The third-order valence-corrected chi connectivity index (χ3v) is 2.47. The fourth-order valence-electron chi connectivity index (χ4n) is 1.56. The van der Waals surface area contributed by atoms with Gasteiger partial charge >= 0.3 is 0 Å². The van der Waals surface area contributed by atoms with Gasteiger partial charge in [-0.25, -0.2) is 5.43 Å². The third kappa shape index (κ3) is 2.72. The van der Waals surface area contributed by atoms with E-state index < -0.39 is 0 Å². The van der Waals surface area contributed by atoms with Crippen LogP contribution in [0.25, 0.3) is 0 Å². The van der Waals surface area contributed by atoms with Crippen LogP contribution < -0.4 is 5.43 Å². The monoisotopic (exact) mass is 235 g/mol. The molecule has 2 amide bonds. The first kappa shape index (κ1) is 11.4. The van der Waals surface area contributed by atoms with Crippen molar-refractivity contribution in [2.75, 3.05) is 7.05 Å². The lowest BCUT2D eigenvalue weighted by Crippen LogP contribution is -2.37. The lowest BCUT2D eigenvalue weighted by molar-refractivity contribution is -0.124. The van der Waals surface area contributed by atoms with Gasteiger partial charge < -0.3 is 9.32 Å². The fourth-order valence-corrected chi connectivity index (χ4v) is 1.56. The quantitative estimate of drug-likeness (QED) is 0.829. The summed E-state index contributed by atoms with van der Waals surface area (Å²) in [7, 11) is 1.67. The molecule has 0 saturated carbocycles. The van der Waals surface area contributed by atoms with Crippen molar-refractivity contribution in [3.05, 3.63) is 24.2 Å². The highest BCUT2D eigenvalue weighted by Crippen LogP contribution is 2.07. The average Bonchev–Trinajstić information content (AvgIpc) is 2.82. The van der Waals surface area contributed by atoms with E-state index in [9.17, 15) is 9.59 Å². The minimum absolute atomic E-state index is 0.157. The summed E-state index contributed by atoms with van der Waals surface area (Å²) in [5.74, 6) is 0.359. The number of hydrogen-bond donors (Lipinski definition) is 1. The number of hydrogen-bond acceptors (Lipinski definition) is 4. The van der Waals surface area contributed by atoms with E-state index in [-0.39, 0.29) is 11.8 Å². The number of carbonyl (C=O) groups is 2. The summed E-state index contributed by atoms with van der Waals surface area (Å²) in [6.45, 7) is 0.388. The standard InChI is InChI=1S/C11H13N3O3/c1-14(7-8-3-2-6-17-8)11(16)9-4-5-10(15)13-12-9/h2-3,6H,4-5,7H2,1H3,(H,13,15). The molecule has 0 fully saturated rings. The maximum atomic E-state index is 11.9. The zero-order valence-corrected chi connectivity index (χ0v) is 9.47. The highest BCUT2D eigenvalue weighted by molar-refractivity contribution is 6.39. The van der Waals surface area contributed by atoms with Crippen LogP contribution in [0.5, 0.6) is 0 Å². The number of hydrazone groups is 1. The molecule has 0 radical (unpaired) electrons. The van der Waals surface area contributed by atoms with E-state index in [1.165, 1.54) is 4.90 Å². The molecule has 1 aliphatic heterocycles. The van der Waals surface area contributed by atoms with E-state index in [4.69, 9.17) is 4.42 Å². The van der Waals surface area contributed by atoms with Gasteiger partial charge in [0.15, 0.2) is 0 Å². The second-order valence-corrected chi connectivity index (χ2v) is 3.83.